The van der Waals surface area contributed by atoms with Crippen LogP contribution in [0.15, 0.2) is 56.9 Å². The van der Waals surface area contributed by atoms with Crippen molar-refractivity contribution in [2.24, 2.45) is 0 Å². The lowest BCUT2D eigenvalue weighted by atomic mass is 10.2. The van der Waals surface area contributed by atoms with Gasteiger partial charge in [-0.1, -0.05) is 30.0 Å². The molecule has 31 heavy (non-hydrogen) atoms. The third-order valence-corrected chi connectivity index (χ3v) is 6.04. The Bertz CT molecular complexity index is 1200. The van der Waals surface area contributed by atoms with Gasteiger partial charge in [0.1, 0.15) is 21.5 Å². The number of ether oxygens (including phenoxy) is 1. The molecule has 0 bridgehead atoms. The second kappa shape index (κ2) is 9.46. The van der Waals surface area contributed by atoms with Crippen molar-refractivity contribution in [3.8, 4) is 0 Å². The normalized spacial score (nSPS) is 15.4. The van der Waals surface area contributed by atoms with E-state index in [4.69, 9.17) is 21.4 Å². The van der Waals surface area contributed by atoms with E-state index in [1.807, 2.05) is 12.1 Å². The Balaban J connectivity index is 1.70. The molecule has 0 spiro atoms. The van der Waals surface area contributed by atoms with Crippen LogP contribution in [0.3, 0.4) is 0 Å². The first-order chi connectivity index (χ1) is 15.1. The first kappa shape index (κ1) is 21.3. The number of carbonyl (C=O) groups excluding carboxylic acids is 1. The summed E-state index contributed by atoms with van der Waals surface area (Å²) in [5.41, 5.74) is 0.503. The van der Waals surface area contributed by atoms with Crippen LogP contribution in [0.25, 0.3) is 11.7 Å². The second-order valence-electron chi connectivity index (χ2n) is 6.72. The molecule has 160 valence electrons. The minimum atomic E-state index is -0.280. The van der Waals surface area contributed by atoms with Gasteiger partial charge >= 0.3 is 0 Å². The summed E-state index contributed by atoms with van der Waals surface area (Å²) in [6.45, 7) is 1.35. The van der Waals surface area contributed by atoms with Crippen molar-refractivity contribution in [1.29, 1.82) is 0 Å². The van der Waals surface area contributed by atoms with Crippen LogP contribution >= 0.6 is 24.0 Å². The lowest BCUT2D eigenvalue weighted by Gasteiger charge is -2.13. The van der Waals surface area contributed by atoms with E-state index in [0.29, 0.717) is 52.6 Å². The number of amides is 1. The van der Waals surface area contributed by atoms with E-state index < -0.39 is 0 Å². The third-order valence-electron chi connectivity index (χ3n) is 4.66. The molecular weight excluding hydrogens is 436 g/mol. The van der Waals surface area contributed by atoms with Crippen LogP contribution in [0.1, 0.15) is 17.7 Å². The molecule has 0 saturated carbocycles. The molecule has 1 aliphatic rings. The van der Waals surface area contributed by atoms with Crippen LogP contribution in [0.5, 0.6) is 0 Å². The van der Waals surface area contributed by atoms with E-state index in [1.54, 1.807) is 43.8 Å². The molecule has 1 saturated heterocycles. The minimum Gasteiger partial charge on any atom is -0.467 e. The van der Waals surface area contributed by atoms with Gasteiger partial charge < -0.3 is 14.5 Å². The Morgan fingerprint density at radius 1 is 1.29 bits per heavy atom. The fourth-order valence-electron chi connectivity index (χ4n) is 3.14. The van der Waals surface area contributed by atoms with Gasteiger partial charge in [-0.15, -0.1) is 0 Å². The molecule has 10 heteroatoms. The molecule has 1 aliphatic heterocycles. The molecular formula is C21H20N4O4S2. The molecule has 4 heterocycles. The van der Waals surface area contributed by atoms with Gasteiger partial charge in [0.25, 0.3) is 11.5 Å². The summed E-state index contributed by atoms with van der Waals surface area (Å²) < 4.78 is 12.3. The van der Waals surface area contributed by atoms with Crippen LogP contribution < -0.4 is 10.9 Å². The van der Waals surface area contributed by atoms with Gasteiger partial charge in [0.15, 0.2) is 0 Å². The topological polar surface area (TPSA) is 89.1 Å². The predicted octanol–water partition coefficient (Wildman–Crippen LogP) is 3.14. The number of hydrogen-bond donors (Lipinski definition) is 1. The van der Waals surface area contributed by atoms with Crippen molar-refractivity contribution < 1.29 is 13.9 Å². The van der Waals surface area contributed by atoms with Crippen LogP contribution in [0.4, 0.5) is 5.82 Å². The highest BCUT2D eigenvalue weighted by molar-refractivity contribution is 8.26. The highest BCUT2D eigenvalue weighted by atomic mass is 32.2. The second-order valence-corrected chi connectivity index (χ2v) is 8.40. The number of fused-ring (bicyclic) bond motifs is 1. The maximum atomic E-state index is 13.2. The number of thiocarbonyl (C=S) groups is 1. The number of thioether (sulfide) groups is 1. The standard InChI is InChI=1S/C21H20N4O4S2/c1-28-10-5-9-25-20(27)16(31-21(25)30)12-15-18(22-13-14-6-4-11-29-14)23-17-7-2-3-8-24(17)19(15)26/h2-4,6-8,11-12,22H,5,9-10,13H2,1H3/b16-12-. The van der Waals surface area contributed by atoms with Crippen molar-refractivity contribution in [3.63, 3.8) is 0 Å². The average Bonchev–Trinajstić information content (AvgIpc) is 3.38. The van der Waals surface area contributed by atoms with E-state index in [9.17, 15) is 9.59 Å². The molecule has 1 fully saturated rings. The quantitative estimate of drug-likeness (QED) is 0.314. The maximum absolute atomic E-state index is 13.2. The molecule has 1 N–H and O–H groups in total. The number of methoxy groups -OCH3 is 1. The fourth-order valence-corrected chi connectivity index (χ4v) is 4.43. The first-order valence-corrected chi connectivity index (χ1v) is 10.8. The smallest absolute Gasteiger partial charge is 0.267 e. The maximum Gasteiger partial charge on any atom is 0.267 e. The summed E-state index contributed by atoms with van der Waals surface area (Å²) in [6, 6.07) is 8.92. The van der Waals surface area contributed by atoms with Gasteiger partial charge in [-0.05, 0) is 36.8 Å². The molecule has 3 aromatic rings. The van der Waals surface area contributed by atoms with E-state index >= 15 is 0 Å². The molecule has 0 unspecified atom stereocenters. The van der Waals surface area contributed by atoms with E-state index in [0.717, 1.165) is 0 Å². The SMILES string of the molecule is COCCCN1C(=O)/C(=C/c2c(NCc3ccco3)nc3ccccn3c2=O)SC1=S. The van der Waals surface area contributed by atoms with Gasteiger partial charge in [-0.25, -0.2) is 4.98 Å². The number of aromatic nitrogens is 2. The van der Waals surface area contributed by atoms with Gasteiger partial charge in [0, 0.05) is 26.5 Å². The van der Waals surface area contributed by atoms with Crippen LogP contribution in [0.2, 0.25) is 0 Å². The van der Waals surface area contributed by atoms with Gasteiger partial charge in [-0.3, -0.25) is 18.9 Å². The van der Waals surface area contributed by atoms with Gasteiger partial charge in [0.05, 0.1) is 23.3 Å². The summed E-state index contributed by atoms with van der Waals surface area (Å²) in [7, 11) is 1.61. The number of anilines is 1. The minimum absolute atomic E-state index is 0.222. The number of nitrogens with zero attached hydrogens (tertiary/aromatic N) is 3. The predicted molar refractivity (Wildman–Crippen MR) is 124 cm³/mol. The zero-order valence-corrected chi connectivity index (χ0v) is 18.4. The summed E-state index contributed by atoms with van der Waals surface area (Å²) in [5.74, 6) is 0.850. The number of hydrogen-bond acceptors (Lipinski definition) is 8. The number of carbonyl (C=O) groups is 1. The molecule has 4 rings (SSSR count). The molecule has 3 aromatic heterocycles. The van der Waals surface area contributed by atoms with Crippen molar-refractivity contribution in [1.82, 2.24) is 14.3 Å². The van der Waals surface area contributed by atoms with Crippen molar-refractivity contribution in [2.45, 2.75) is 13.0 Å². The molecule has 1 amide bonds. The highest BCUT2D eigenvalue weighted by Gasteiger charge is 2.32. The monoisotopic (exact) mass is 456 g/mol. The van der Waals surface area contributed by atoms with Crippen molar-refractivity contribution in [3.05, 3.63) is 69.4 Å². The molecule has 0 aliphatic carbocycles. The zero-order valence-electron chi connectivity index (χ0n) is 16.7. The van der Waals surface area contributed by atoms with E-state index in [2.05, 4.69) is 10.3 Å². The van der Waals surface area contributed by atoms with Gasteiger partial charge in [-0.2, -0.15) is 0 Å². The third kappa shape index (κ3) is 4.55. The highest BCUT2D eigenvalue weighted by Crippen LogP contribution is 2.33. The molecule has 0 radical (unpaired) electrons. The Hall–Kier alpha value is -2.95. The van der Waals surface area contributed by atoms with E-state index in [-0.39, 0.29) is 17.0 Å². The zero-order chi connectivity index (χ0) is 21.8. The van der Waals surface area contributed by atoms with Crippen molar-refractivity contribution in [2.75, 3.05) is 25.6 Å². The Labute approximate surface area is 187 Å². The van der Waals surface area contributed by atoms with Crippen LogP contribution in [-0.2, 0) is 16.1 Å². The summed E-state index contributed by atoms with van der Waals surface area (Å²) in [4.78, 5) is 32.6. The summed E-state index contributed by atoms with van der Waals surface area (Å²) in [5, 5.41) is 3.16. The summed E-state index contributed by atoms with van der Waals surface area (Å²) >= 11 is 6.55. The number of furan rings is 1. The fraction of sp³-hybridized carbons (Fsp3) is 0.238. The largest absolute Gasteiger partial charge is 0.467 e. The lowest BCUT2D eigenvalue weighted by Crippen LogP contribution is -2.29. The number of pyridine rings is 1. The Morgan fingerprint density at radius 2 is 2.16 bits per heavy atom. The Morgan fingerprint density at radius 3 is 2.94 bits per heavy atom. The summed E-state index contributed by atoms with van der Waals surface area (Å²) in [6.07, 6.45) is 5.46. The molecule has 0 aromatic carbocycles. The van der Waals surface area contributed by atoms with Crippen molar-refractivity contribution >= 4 is 51.7 Å². The first-order valence-electron chi connectivity index (χ1n) is 9.60. The van der Waals surface area contributed by atoms with Crippen LogP contribution in [-0.4, -0.2) is 44.8 Å². The Kier molecular flexibility index (Phi) is 6.50. The average molecular weight is 457 g/mol. The molecule has 0 atom stereocenters. The number of nitrogens with one attached hydrogen (secondary N) is 1. The number of rotatable bonds is 8. The van der Waals surface area contributed by atoms with Crippen LogP contribution in [0, 0.1) is 0 Å². The lowest BCUT2D eigenvalue weighted by molar-refractivity contribution is -0.122. The van der Waals surface area contributed by atoms with E-state index in [1.165, 1.54) is 21.1 Å². The van der Waals surface area contributed by atoms with Gasteiger partial charge in [0.2, 0.25) is 0 Å². The molecule has 8 nitrogen and oxygen atoms in total.